The van der Waals surface area contributed by atoms with Crippen LogP contribution in [-0.4, -0.2) is 120 Å². The van der Waals surface area contributed by atoms with E-state index in [1.54, 1.807) is 6.07 Å². The highest BCUT2D eigenvalue weighted by Gasteiger charge is 2.43. The lowest BCUT2D eigenvalue weighted by atomic mass is 9.72. The number of rotatable bonds is 1. The number of hydrogen-bond donors (Lipinski definition) is 6. The van der Waals surface area contributed by atoms with Crippen molar-refractivity contribution in [1.82, 2.24) is 20.4 Å². The molecule has 10 atom stereocenters. The van der Waals surface area contributed by atoms with E-state index in [0.717, 1.165) is 70.4 Å². The summed E-state index contributed by atoms with van der Waals surface area (Å²) in [6.45, 7) is 7.47. The van der Waals surface area contributed by atoms with E-state index in [4.69, 9.17) is 20.2 Å². The largest absolute Gasteiger partial charge is 0.504 e. The van der Waals surface area contributed by atoms with Crippen LogP contribution >= 0.6 is 0 Å². The van der Waals surface area contributed by atoms with E-state index in [-0.39, 0.29) is 42.1 Å². The molecule has 0 radical (unpaired) electrons. The number of nitrogens with two attached hydrogens (primary N) is 1. The number of aliphatic hydroxyl groups excluding tert-OH is 2. The molecule has 3 fully saturated rings. The fourth-order valence-corrected chi connectivity index (χ4v) is 9.83. The van der Waals surface area contributed by atoms with E-state index in [1.165, 1.54) is 13.3 Å². The summed E-state index contributed by atoms with van der Waals surface area (Å²) in [5.41, 5.74) is 6.51. The Bertz CT molecular complexity index is 1470. The second-order valence-electron chi connectivity index (χ2n) is 16.4. The summed E-state index contributed by atoms with van der Waals surface area (Å²) >= 11 is 0. The van der Waals surface area contributed by atoms with Crippen LogP contribution in [0.4, 0.5) is 0 Å². The topological polar surface area (TPSA) is 165 Å². The number of esters is 1. The maximum Gasteiger partial charge on any atom is 0.302 e. The number of carbonyl (C=O) groups is 1. The third kappa shape index (κ3) is 8.94. The van der Waals surface area contributed by atoms with Crippen molar-refractivity contribution < 1.29 is 29.6 Å². The fourth-order valence-electron chi connectivity index (χ4n) is 9.83. The molecule has 0 amide bonds. The molecule has 7 N–H and O–H groups in total. The van der Waals surface area contributed by atoms with Gasteiger partial charge in [0.15, 0.2) is 17.5 Å². The van der Waals surface area contributed by atoms with E-state index >= 15 is 0 Å². The second-order valence-corrected chi connectivity index (χ2v) is 16.4. The van der Waals surface area contributed by atoms with Crippen LogP contribution in [0.1, 0.15) is 70.3 Å². The molecule has 7 aliphatic rings. The molecular formula is C39H58N6O6. The average molecular weight is 707 g/mol. The number of phenolic OH excluding ortho intramolecular Hbond substituents is 1. The van der Waals surface area contributed by atoms with E-state index in [1.807, 2.05) is 12.1 Å². The van der Waals surface area contributed by atoms with Crippen molar-refractivity contribution in [2.75, 3.05) is 52.5 Å². The van der Waals surface area contributed by atoms with Gasteiger partial charge in [0, 0.05) is 70.5 Å². The second kappa shape index (κ2) is 15.9. The molecule has 1 spiro atoms. The molecule has 12 nitrogen and oxygen atoms in total. The summed E-state index contributed by atoms with van der Waals surface area (Å²) in [4.78, 5) is 22.1. The highest BCUT2D eigenvalue weighted by atomic mass is 16.5. The fraction of sp³-hybridized carbons (Fsp3) is 0.744. The van der Waals surface area contributed by atoms with Gasteiger partial charge in [-0.05, 0) is 87.4 Å². The Balaban J connectivity index is 1.28. The van der Waals surface area contributed by atoms with Gasteiger partial charge in [0.25, 0.3) is 0 Å². The Morgan fingerprint density at radius 3 is 2.67 bits per heavy atom. The predicted molar refractivity (Wildman–Crippen MR) is 194 cm³/mol. The van der Waals surface area contributed by atoms with Gasteiger partial charge in [-0.2, -0.15) is 0 Å². The Hall–Kier alpha value is -3.08. The minimum absolute atomic E-state index is 0.0102. The molecule has 1 aromatic rings. The lowest BCUT2D eigenvalue weighted by molar-refractivity contribution is -0.152. The number of aliphatic hydroxyl groups is 2. The molecule has 0 aromatic heterocycles. The average Bonchev–Trinajstić information content (AvgIpc) is 3.09. The van der Waals surface area contributed by atoms with Gasteiger partial charge in [-0.15, -0.1) is 0 Å². The summed E-state index contributed by atoms with van der Waals surface area (Å²) in [6, 6.07) is 5.77. The highest BCUT2D eigenvalue weighted by Crippen LogP contribution is 2.39. The Morgan fingerprint density at radius 1 is 1.06 bits per heavy atom. The first-order valence-electron chi connectivity index (χ1n) is 19.4. The Kier molecular flexibility index (Phi) is 11.3. The molecular weight excluding hydrogens is 648 g/mol. The molecule has 8 rings (SSSR count). The molecule has 12 heteroatoms. The van der Waals surface area contributed by atoms with E-state index < -0.39 is 23.7 Å². The molecule has 51 heavy (non-hydrogen) atoms. The number of fused-ring (bicyclic) bond motifs is 9. The monoisotopic (exact) mass is 706 g/mol. The van der Waals surface area contributed by atoms with Crippen LogP contribution in [0, 0.1) is 40.9 Å². The van der Waals surface area contributed by atoms with Gasteiger partial charge in [-0.25, -0.2) is 4.99 Å². The van der Waals surface area contributed by atoms with Crippen LogP contribution in [-0.2, 0) is 16.0 Å². The van der Waals surface area contributed by atoms with Gasteiger partial charge in [0.1, 0.15) is 12.2 Å². The summed E-state index contributed by atoms with van der Waals surface area (Å²) in [5, 5.41) is 41.7. The standard InChI is InChI=1S/C39H58N6O6/c1-25(46)50-35-17-31(47)8-11-39(23-42-38(40)43-24-45-20-27-13-28(21-45)19-44(18-27)22-37(39)49)10-7-29-3-2-4-30-16-32(9-12-41-30)51-36-15-26(14-33(29)35)5-6-34(36)48/h5-6,15,27-33,35,37,41,47-49H,2-4,8-9,11-14,16-24H2,1H3,(H3,40,42,43)/t27-,28-,29-,30+,31-,32+,33-,35+,37+,39-/m0/s1. The summed E-state index contributed by atoms with van der Waals surface area (Å²) in [7, 11) is 0. The quantitative estimate of drug-likeness (QED) is 0.186. The third-order valence-electron chi connectivity index (χ3n) is 12.4. The van der Waals surface area contributed by atoms with E-state index in [9.17, 15) is 20.1 Å². The SMILES string of the molecule is CC(=O)O[C@@H]1C[C@@H](O)CC[C@@]2(C#C[C@@H]3CCC[C@@H]4C[C@@H](CCN4)Oc4cc(ccc4O)C[C@@H]31)CNC(N)=NCN1C[C@H]3C[C@H](C1)CN(C3)C[C@H]2O. The van der Waals surface area contributed by atoms with Gasteiger partial charge >= 0.3 is 5.97 Å². The van der Waals surface area contributed by atoms with Crippen LogP contribution in [0.15, 0.2) is 23.2 Å². The number of hydrogen-bond acceptors (Lipinski definition) is 12. The van der Waals surface area contributed by atoms with Crippen molar-refractivity contribution in [2.24, 2.45) is 39.8 Å². The van der Waals surface area contributed by atoms with Crippen molar-refractivity contribution in [3.63, 3.8) is 0 Å². The number of nitrogens with one attached hydrogen (secondary N) is 2. The van der Waals surface area contributed by atoms with Crippen LogP contribution < -0.4 is 21.1 Å². The number of phenols is 1. The summed E-state index contributed by atoms with van der Waals surface area (Å²) in [6.07, 6.45) is 5.04. The third-order valence-corrected chi connectivity index (χ3v) is 12.4. The zero-order valence-corrected chi connectivity index (χ0v) is 30.1. The Morgan fingerprint density at radius 2 is 1.86 bits per heavy atom. The first-order valence-corrected chi connectivity index (χ1v) is 19.4. The van der Waals surface area contributed by atoms with Crippen molar-refractivity contribution in [2.45, 2.75) is 102 Å². The lowest BCUT2D eigenvalue weighted by Crippen LogP contribution is -2.56. The molecule has 8 bridgehead atoms. The maximum atomic E-state index is 12.6. The maximum absolute atomic E-state index is 12.6. The number of benzene rings is 1. The minimum atomic E-state index is -0.900. The van der Waals surface area contributed by atoms with Crippen LogP contribution in [0.3, 0.4) is 0 Å². The van der Waals surface area contributed by atoms with Crippen molar-refractivity contribution in [3.05, 3.63) is 23.8 Å². The van der Waals surface area contributed by atoms with Crippen molar-refractivity contribution >= 4 is 11.9 Å². The molecule has 6 heterocycles. The normalized spacial score (nSPS) is 40.3. The van der Waals surface area contributed by atoms with Gasteiger partial charge < -0.3 is 46.1 Å². The molecule has 3 saturated heterocycles. The van der Waals surface area contributed by atoms with E-state index in [0.29, 0.717) is 62.6 Å². The van der Waals surface area contributed by atoms with E-state index in [2.05, 4.69) is 32.3 Å². The Labute approximate surface area is 302 Å². The number of nitrogens with zero attached hydrogens (tertiary/aromatic N) is 3. The molecule has 6 aliphatic heterocycles. The van der Waals surface area contributed by atoms with Crippen molar-refractivity contribution in [1.29, 1.82) is 0 Å². The van der Waals surface area contributed by atoms with Gasteiger partial charge in [-0.3, -0.25) is 9.69 Å². The first-order chi connectivity index (χ1) is 24.6. The van der Waals surface area contributed by atoms with Crippen molar-refractivity contribution in [3.8, 4) is 23.3 Å². The number of guanidine groups is 1. The highest BCUT2D eigenvalue weighted by molar-refractivity contribution is 5.77. The number of piperidine rings is 3. The first kappa shape index (κ1) is 36.3. The number of aromatic hydroxyl groups is 1. The van der Waals surface area contributed by atoms with Gasteiger partial charge in [-0.1, -0.05) is 24.3 Å². The zero-order chi connectivity index (χ0) is 35.5. The predicted octanol–water partition coefficient (Wildman–Crippen LogP) is 1.81. The molecule has 0 saturated carbocycles. The van der Waals surface area contributed by atoms with Gasteiger partial charge in [0.2, 0.25) is 0 Å². The lowest BCUT2D eigenvalue weighted by Gasteiger charge is -2.47. The molecule has 280 valence electrons. The number of carbonyl (C=O) groups excluding carboxylic acids is 1. The smallest absolute Gasteiger partial charge is 0.302 e. The van der Waals surface area contributed by atoms with Gasteiger partial charge in [0.05, 0.1) is 24.3 Å². The minimum Gasteiger partial charge on any atom is -0.504 e. The summed E-state index contributed by atoms with van der Waals surface area (Å²) < 4.78 is 12.4. The molecule has 1 aromatic carbocycles. The molecule has 1 aliphatic carbocycles. The summed E-state index contributed by atoms with van der Waals surface area (Å²) in [5.74, 6) is 8.54. The number of aliphatic imine (C=N–C) groups is 1. The van der Waals surface area contributed by atoms with Crippen LogP contribution in [0.2, 0.25) is 0 Å². The number of ether oxygens (including phenoxy) is 2. The molecule has 0 unspecified atom stereocenters. The van der Waals surface area contributed by atoms with Crippen LogP contribution in [0.25, 0.3) is 0 Å². The van der Waals surface area contributed by atoms with Crippen LogP contribution in [0.5, 0.6) is 11.5 Å². The zero-order valence-electron chi connectivity index (χ0n) is 30.1.